The largest absolute Gasteiger partial charge is 0.352 e. The third kappa shape index (κ3) is 3.70. The van der Waals surface area contributed by atoms with E-state index in [2.05, 4.69) is 45.5 Å². The maximum Gasteiger partial charge on any atom is 0.251 e. The van der Waals surface area contributed by atoms with Gasteiger partial charge in [0.15, 0.2) is 0 Å². The Kier molecular flexibility index (Phi) is 5.14. The Morgan fingerprint density at radius 1 is 1.04 bits per heavy atom. The van der Waals surface area contributed by atoms with E-state index >= 15 is 0 Å². The summed E-state index contributed by atoms with van der Waals surface area (Å²) < 4.78 is 1.03. The van der Waals surface area contributed by atoms with Crippen LogP contribution in [0, 0.1) is 0 Å². The smallest absolute Gasteiger partial charge is 0.251 e. The highest BCUT2D eigenvalue weighted by atomic mass is 79.9. The molecule has 0 spiro atoms. The molecule has 1 aliphatic heterocycles. The van der Waals surface area contributed by atoms with Crippen LogP contribution in [0.5, 0.6) is 0 Å². The van der Waals surface area contributed by atoms with Crippen molar-refractivity contribution >= 4 is 45.0 Å². The van der Waals surface area contributed by atoms with Gasteiger partial charge in [-0.15, -0.1) is 0 Å². The Morgan fingerprint density at radius 2 is 1.81 bits per heavy atom. The van der Waals surface area contributed by atoms with Crippen molar-refractivity contribution in [3.8, 4) is 0 Å². The zero-order valence-corrected chi connectivity index (χ0v) is 17.1. The van der Waals surface area contributed by atoms with Gasteiger partial charge in [-0.25, -0.2) is 4.99 Å². The standard InChI is InChI=1S/C22H17BrN2OS/c1-2-24-22(26)15-9-12-20-18(13-15)25-21(14-7-10-16(23)11-8-14)17-5-3-4-6-19(17)27-20/h3-13H,2H2,1H3,(H,24,26). The molecular weight excluding hydrogens is 420 g/mol. The van der Waals surface area contributed by atoms with Gasteiger partial charge in [0.05, 0.1) is 11.4 Å². The van der Waals surface area contributed by atoms with Crippen LogP contribution < -0.4 is 5.32 Å². The van der Waals surface area contributed by atoms with Gasteiger partial charge in [0.2, 0.25) is 0 Å². The fraction of sp³-hybridized carbons (Fsp3) is 0.0909. The molecule has 0 atom stereocenters. The first kappa shape index (κ1) is 18.0. The third-order valence-electron chi connectivity index (χ3n) is 4.27. The predicted octanol–water partition coefficient (Wildman–Crippen LogP) is 5.83. The van der Waals surface area contributed by atoms with Crippen LogP contribution in [-0.4, -0.2) is 18.2 Å². The normalized spacial score (nSPS) is 12.4. The lowest BCUT2D eigenvalue weighted by Gasteiger charge is -2.09. The van der Waals surface area contributed by atoms with Crippen LogP contribution in [0.1, 0.15) is 28.4 Å². The average molecular weight is 437 g/mol. The summed E-state index contributed by atoms with van der Waals surface area (Å²) >= 11 is 5.18. The number of nitrogens with zero attached hydrogens (tertiary/aromatic N) is 1. The second-order valence-electron chi connectivity index (χ2n) is 6.11. The quantitative estimate of drug-likeness (QED) is 0.438. The van der Waals surface area contributed by atoms with E-state index in [1.54, 1.807) is 11.8 Å². The monoisotopic (exact) mass is 436 g/mol. The summed E-state index contributed by atoms with van der Waals surface area (Å²) in [4.78, 5) is 19.4. The lowest BCUT2D eigenvalue weighted by atomic mass is 10.0. The molecule has 0 saturated carbocycles. The summed E-state index contributed by atoms with van der Waals surface area (Å²) in [7, 11) is 0. The molecule has 3 aromatic carbocycles. The molecule has 0 fully saturated rings. The van der Waals surface area contributed by atoms with E-state index in [-0.39, 0.29) is 5.91 Å². The number of rotatable bonds is 3. The summed E-state index contributed by atoms with van der Waals surface area (Å²) in [6, 6.07) is 22.2. The first-order valence-electron chi connectivity index (χ1n) is 8.70. The van der Waals surface area contributed by atoms with Crippen LogP contribution in [0.3, 0.4) is 0 Å². The maximum atomic E-state index is 12.3. The predicted molar refractivity (Wildman–Crippen MR) is 114 cm³/mol. The van der Waals surface area contributed by atoms with Crippen molar-refractivity contribution in [1.82, 2.24) is 5.32 Å². The molecule has 1 amide bonds. The molecular formula is C22H17BrN2OS. The molecule has 0 aromatic heterocycles. The Balaban J connectivity index is 1.89. The number of amides is 1. The van der Waals surface area contributed by atoms with Crippen molar-refractivity contribution in [2.75, 3.05) is 6.54 Å². The molecule has 5 heteroatoms. The minimum Gasteiger partial charge on any atom is -0.352 e. The van der Waals surface area contributed by atoms with Crippen LogP contribution in [0.15, 0.2) is 86.0 Å². The van der Waals surface area contributed by atoms with E-state index in [1.807, 2.05) is 49.4 Å². The van der Waals surface area contributed by atoms with E-state index < -0.39 is 0 Å². The summed E-state index contributed by atoms with van der Waals surface area (Å²) in [5.74, 6) is -0.0764. The van der Waals surface area contributed by atoms with Gasteiger partial charge in [0, 0.05) is 37.5 Å². The molecule has 0 radical (unpaired) electrons. The molecule has 3 nitrogen and oxygen atoms in total. The van der Waals surface area contributed by atoms with Gasteiger partial charge in [-0.3, -0.25) is 4.79 Å². The van der Waals surface area contributed by atoms with Crippen LogP contribution in [-0.2, 0) is 0 Å². The van der Waals surface area contributed by atoms with E-state index in [9.17, 15) is 4.79 Å². The highest BCUT2D eigenvalue weighted by Gasteiger charge is 2.19. The molecule has 134 valence electrons. The van der Waals surface area contributed by atoms with Crippen molar-refractivity contribution in [3.05, 3.63) is 87.9 Å². The SMILES string of the molecule is CCNC(=O)c1ccc2c(c1)N=C(c1ccc(Br)cc1)c1ccccc1S2. The van der Waals surface area contributed by atoms with Crippen LogP contribution in [0.2, 0.25) is 0 Å². The molecule has 1 aliphatic rings. The highest BCUT2D eigenvalue weighted by Crippen LogP contribution is 2.41. The van der Waals surface area contributed by atoms with Crippen molar-refractivity contribution in [1.29, 1.82) is 0 Å². The molecule has 1 heterocycles. The van der Waals surface area contributed by atoms with Gasteiger partial charge < -0.3 is 5.32 Å². The Bertz CT molecular complexity index is 1040. The number of aliphatic imine (C=N–C) groups is 1. The minimum absolute atomic E-state index is 0.0764. The lowest BCUT2D eigenvalue weighted by Crippen LogP contribution is -2.22. The summed E-state index contributed by atoms with van der Waals surface area (Å²) in [6.45, 7) is 2.52. The molecule has 0 saturated heterocycles. The number of carbonyl (C=O) groups excluding carboxylic acids is 1. The van der Waals surface area contributed by atoms with Crippen LogP contribution >= 0.6 is 27.7 Å². The zero-order chi connectivity index (χ0) is 18.8. The number of hydrogen-bond acceptors (Lipinski definition) is 3. The zero-order valence-electron chi connectivity index (χ0n) is 14.7. The average Bonchev–Trinajstić information content (AvgIpc) is 2.85. The van der Waals surface area contributed by atoms with Gasteiger partial charge in [-0.05, 0) is 43.3 Å². The fourth-order valence-electron chi connectivity index (χ4n) is 2.97. The molecule has 27 heavy (non-hydrogen) atoms. The number of carbonyl (C=O) groups is 1. The number of hydrogen-bond donors (Lipinski definition) is 1. The van der Waals surface area contributed by atoms with Crippen LogP contribution in [0.25, 0.3) is 0 Å². The first-order valence-corrected chi connectivity index (χ1v) is 10.3. The highest BCUT2D eigenvalue weighted by molar-refractivity contribution is 9.10. The maximum absolute atomic E-state index is 12.3. The van der Waals surface area contributed by atoms with Gasteiger partial charge in [0.25, 0.3) is 5.91 Å². The van der Waals surface area contributed by atoms with Crippen molar-refractivity contribution < 1.29 is 4.79 Å². The molecule has 4 rings (SSSR count). The molecule has 0 bridgehead atoms. The Labute approximate surface area is 171 Å². The topological polar surface area (TPSA) is 41.5 Å². The van der Waals surface area contributed by atoms with E-state index in [0.29, 0.717) is 12.1 Å². The van der Waals surface area contributed by atoms with Crippen LogP contribution in [0.4, 0.5) is 5.69 Å². The second-order valence-corrected chi connectivity index (χ2v) is 8.11. The van der Waals surface area contributed by atoms with E-state index in [4.69, 9.17) is 4.99 Å². The van der Waals surface area contributed by atoms with Crippen molar-refractivity contribution in [3.63, 3.8) is 0 Å². The van der Waals surface area contributed by atoms with Gasteiger partial charge >= 0.3 is 0 Å². The van der Waals surface area contributed by atoms with Gasteiger partial charge in [-0.2, -0.15) is 0 Å². The van der Waals surface area contributed by atoms with E-state index in [0.717, 1.165) is 36.8 Å². The molecule has 0 aliphatic carbocycles. The number of fused-ring (bicyclic) bond motifs is 2. The van der Waals surface area contributed by atoms with Gasteiger partial charge in [-0.1, -0.05) is 58.0 Å². The number of benzene rings is 3. The fourth-order valence-corrected chi connectivity index (χ4v) is 4.24. The molecule has 3 aromatic rings. The first-order chi connectivity index (χ1) is 13.2. The van der Waals surface area contributed by atoms with E-state index in [1.165, 1.54) is 0 Å². The number of nitrogens with one attached hydrogen (secondary N) is 1. The minimum atomic E-state index is -0.0764. The third-order valence-corrected chi connectivity index (χ3v) is 5.94. The lowest BCUT2D eigenvalue weighted by molar-refractivity contribution is 0.0956. The second kappa shape index (κ2) is 7.71. The Morgan fingerprint density at radius 3 is 2.59 bits per heavy atom. The Hall–Kier alpha value is -2.37. The molecule has 1 N–H and O–H groups in total. The van der Waals surface area contributed by atoms with Crippen molar-refractivity contribution in [2.45, 2.75) is 16.7 Å². The van der Waals surface area contributed by atoms with Crippen molar-refractivity contribution in [2.24, 2.45) is 4.99 Å². The summed E-state index contributed by atoms with van der Waals surface area (Å²) in [5, 5.41) is 2.85. The van der Waals surface area contributed by atoms with Gasteiger partial charge in [0.1, 0.15) is 0 Å². The molecule has 0 unspecified atom stereocenters. The summed E-state index contributed by atoms with van der Waals surface area (Å²) in [5.41, 5.74) is 4.50. The number of halogens is 1. The summed E-state index contributed by atoms with van der Waals surface area (Å²) in [6.07, 6.45) is 0.